The maximum absolute atomic E-state index is 13.1. The van der Waals surface area contributed by atoms with E-state index in [0.29, 0.717) is 16.8 Å². The predicted octanol–water partition coefficient (Wildman–Crippen LogP) is 4.78. The summed E-state index contributed by atoms with van der Waals surface area (Å²) in [6, 6.07) is 11.3. The second kappa shape index (κ2) is 7.98. The number of rotatable bonds is 4. The standard InChI is InChI=1S/C20H12F4N4O/c21-16-6-4-12(5-7-16)18-14(11-26-28-18)8-13(10-25)19(29)27-17-3-1-2-15(9-17)20(22,23)24/h1-9,11H,(H,26,28)(H,27,29)/b13-8-. The number of carbonyl (C=O) groups excluding carboxylic acids is 1. The van der Waals surface area contributed by atoms with Gasteiger partial charge in [-0.3, -0.25) is 9.89 Å². The zero-order valence-electron chi connectivity index (χ0n) is 14.6. The van der Waals surface area contributed by atoms with E-state index in [4.69, 9.17) is 0 Å². The first-order valence-corrected chi connectivity index (χ1v) is 8.17. The summed E-state index contributed by atoms with van der Waals surface area (Å²) in [4.78, 5) is 12.4. The second-order valence-corrected chi connectivity index (χ2v) is 5.91. The van der Waals surface area contributed by atoms with Gasteiger partial charge in [0.05, 0.1) is 17.5 Å². The van der Waals surface area contributed by atoms with Crippen molar-refractivity contribution in [2.75, 3.05) is 5.32 Å². The normalized spacial score (nSPS) is 11.8. The molecular formula is C20H12F4N4O. The Labute approximate surface area is 162 Å². The maximum atomic E-state index is 13.1. The SMILES string of the molecule is N#C/C(=C/c1cn[nH]c1-c1ccc(F)cc1)C(=O)Nc1cccc(C(F)(F)F)c1. The lowest BCUT2D eigenvalue weighted by molar-refractivity contribution is -0.137. The fraction of sp³-hybridized carbons (Fsp3) is 0.0500. The van der Waals surface area contributed by atoms with Crippen LogP contribution in [0.15, 0.2) is 60.3 Å². The van der Waals surface area contributed by atoms with Crippen LogP contribution in [0.1, 0.15) is 11.1 Å². The van der Waals surface area contributed by atoms with Crippen LogP contribution in [0.5, 0.6) is 0 Å². The molecule has 0 atom stereocenters. The van der Waals surface area contributed by atoms with E-state index in [1.165, 1.54) is 42.6 Å². The highest BCUT2D eigenvalue weighted by Gasteiger charge is 2.30. The van der Waals surface area contributed by atoms with Crippen LogP contribution in [0.3, 0.4) is 0 Å². The smallest absolute Gasteiger partial charge is 0.321 e. The van der Waals surface area contributed by atoms with E-state index in [9.17, 15) is 27.6 Å². The Morgan fingerprint density at radius 1 is 1.17 bits per heavy atom. The molecule has 0 spiro atoms. The topological polar surface area (TPSA) is 81.6 Å². The summed E-state index contributed by atoms with van der Waals surface area (Å²) >= 11 is 0. The molecule has 0 fully saturated rings. The van der Waals surface area contributed by atoms with E-state index < -0.39 is 23.5 Å². The highest BCUT2D eigenvalue weighted by molar-refractivity contribution is 6.10. The minimum Gasteiger partial charge on any atom is -0.321 e. The summed E-state index contributed by atoms with van der Waals surface area (Å²) < 4.78 is 51.5. The maximum Gasteiger partial charge on any atom is 0.416 e. The summed E-state index contributed by atoms with van der Waals surface area (Å²) in [6.45, 7) is 0. The number of aromatic nitrogens is 2. The van der Waals surface area contributed by atoms with Gasteiger partial charge in [-0.15, -0.1) is 0 Å². The third-order valence-corrected chi connectivity index (χ3v) is 3.91. The van der Waals surface area contributed by atoms with Crippen molar-refractivity contribution in [1.82, 2.24) is 10.2 Å². The van der Waals surface area contributed by atoms with Gasteiger partial charge in [0, 0.05) is 16.8 Å². The molecule has 2 aromatic carbocycles. The van der Waals surface area contributed by atoms with Gasteiger partial charge in [0.1, 0.15) is 17.5 Å². The Morgan fingerprint density at radius 3 is 2.55 bits per heavy atom. The fourth-order valence-electron chi connectivity index (χ4n) is 2.53. The highest BCUT2D eigenvalue weighted by Crippen LogP contribution is 2.31. The van der Waals surface area contributed by atoms with Crippen LogP contribution in [-0.2, 0) is 11.0 Å². The van der Waals surface area contributed by atoms with Crippen LogP contribution >= 0.6 is 0 Å². The lowest BCUT2D eigenvalue weighted by Crippen LogP contribution is -2.14. The first-order chi connectivity index (χ1) is 13.8. The minimum atomic E-state index is -4.56. The average Bonchev–Trinajstić information content (AvgIpc) is 3.14. The van der Waals surface area contributed by atoms with E-state index >= 15 is 0 Å². The molecule has 0 bridgehead atoms. The summed E-state index contributed by atoms with van der Waals surface area (Å²) in [5.74, 6) is -1.30. The molecule has 0 saturated heterocycles. The zero-order chi connectivity index (χ0) is 21.0. The van der Waals surface area contributed by atoms with Gasteiger partial charge in [0.25, 0.3) is 5.91 Å². The van der Waals surface area contributed by atoms with Crippen molar-refractivity contribution in [2.24, 2.45) is 0 Å². The van der Waals surface area contributed by atoms with Gasteiger partial charge < -0.3 is 5.32 Å². The highest BCUT2D eigenvalue weighted by atomic mass is 19.4. The van der Waals surface area contributed by atoms with Crippen LogP contribution in [0.2, 0.25) is 0 Å². The number of nitrogens with one attached hydrogen (secondary N) is 2. The molecule has 0 unspecified atom stereocenters. The van der Waals surface area contributed by atoms with Gasteiger partial charge in [-0.05, 0) is 48.5 Å². The Bertz CT molecular complexity index is 1110. The number of nitrogens with zero attached hydrogens (tertiary/aromatic N) is 2. The van der Waals surface area contributed by atoms with Crippen LogP contribution in [0, 0.1) is 17.1 Å². The quantitative estimate of drug-likeness (QED) is 0.376. The molecule has 1 amide bonds. The lowest BCUT2D eigenvalue weighted by atomic mass is 10.1. The van der Waals surface area contributed by atoms with Crippen molar-refractivity contribution in [1.29, 1.82) is 5.26 Å². The number of anilines is 1. The number of hydrogen-bond acceptors (Lipinski definition) is 3. The van der Waals surface area contributed by atoms with Crippen molar-refractivity contribution < 1.29 is 22.4 Å². The molecule has 146 valence electrons. The molecular weight excluding hydrogens is 388 g/mol. The Morgan fingerprint density at radius 2 is 1.90 bits per heavy atom. The number of H-pyrrole nitrogens is 1. The Kier molecular flexibility index (Phi) is 5.45. The average molecular weight is 400 g/mol. The molecule has 29 heavy (non-hydrogen) atoms. The third-order valence-electron chi connectivity index (χ3n) is 3.91. The number of nitriles is 1. The number of hydrogen-bond donors (Lipinski definition) is 2. The van der Waals surface area contributed by atoms with E-state index in [1.54, 1.807) is 6.07 Å². The first-order valence-electron chi connectivity index (χ1n) is 8.17. The molecule has 0 saturated carbocycles. The fourth-order valence-corrected chi connectivity index (χ4v) is 2.53. The van der Waals surface area contributed by atoms with E-state index in [1.807, 2.05) is 0 Å². The Balaban J connectivity index is 1.86. The molecule has 0 aliphatic carbocycles. The van der Waals surface area contributed by atoms with Crippen molar-refractivity contribution in [3.8, 4) is 17.3 Å². The van der Waals surface area contributed by atoms with Crippen LogP contribution in [-0.4, -0.2) is 16.1 Å². The van der Waals surface area contributed by atoms with E-state index in [2.05, 4.69) is 15.5 Å². The minimum absolute atomic E-state index is 0.100. The number of carbonyl (C=O) groups is 1. The van der Waals surface area contributed by atoms with Crippen LogP contribution < -0.4 is 5.32 Å². The molecule has 1 heterocycles. The molecule has 9 heteroatoms. The number of halogens is 4. The van der Waals surface area contributed by atoms with Gasteiger partial charge in [0.15, 0.2) is 0 Å². The number of amides is 1. The van der Waals surface area contributed by atoms with Crippen LogP contribution in [0.25, 0.3) is 17.3 Å². The number of aromatic amines is 1. The van der Waals surface area contributed by atoms with Crippen molar-refractivity contribution in [3.63, 3.8) is 0 Å². The van der Waals surface area contributed by atoms with Gasteiger partial charge in [-0.25, -0.2) is 4.39 Å². The first kappa shape index (κ1) is 19.8. The molecule has 2 N–H and O–H groups in total. The van der Waals surface area contributed by atoms with Crippen LogP contribution in [0.4, 0.5) is 23.2 Å². The molecule has 0 aliphatic heterocycles. The molecule has 3 aromatic rings. The molecule has 0 radical (unpaired) electrons. The van der Waals surface area contributed by atoms with Crippen molar-refractivity contribution in [3.05, 3.63) is 77.2 Å². The molecule has 5 nitrogen and oxygen atoms in total. The summed E-state index contributed by atoms with van der Waals surface area (Å²) in [5.41, 5.74) is 0.0398. The molecule has 0 aliphatic rings. The lowest BCUT2D eigenvalue weighted by Gasteiger charge is -2.09. The third kappa shape index (κ3) is 4.68. The summed E-state index contributed by atoms with van der Waals surface area (Å²) in [6.07, 6.45) is -1.95. The van der Waals surface area contributed by atoms with Gasteiger partial charge >= 0.3 is 6.18 Å². The van der Waals surface area contributed by atoms with E-state index in [0.717, 1.165) is 18.2 Å². The van der Waals surface area contributed by atoms with E-state index in [-0.39, 0.29) is 11.3 Å². The van der Waals surface area contributed by atoms with Crippen molar-refractivity contribution >= 4 is 17.7 Å². The Hall–Kier alpha value is -3.93. The zero-order valence-corrected chi connectivity index (χ0v) is 14.6. The van der Waals surface area contributed by atoms with Gasteiger partial charge in [-0.2, -0.15) is 23.5 Å². The number of alkyl halides is 3. The monoisotopic (exact) mass is 400 g/mol. The largest absolute Gasteiger partial charge is 0.416 e. The second-order valence-electron chi connectivity index (χ2n) is 5.91. The molecule has 1 aromatic heterocycles. The van der Waals surface area contributed by atoms with Crippen molar-refractivity contribution in [2.45, 2.75) is 6.18 Å². The molecule has 3 rings (SSSR count). The summed E-state index contributed by atoms with van der Waals surface area (Å²) in [7, 11) is 0. The summed E-state index contributed by atoms with van der Waals surface area (Å²) in [5, 5.41) is 18.2. The van der Waals surface area contributed by atoms with Gasteiger partial charge in [-0.1, -0.05) is 6.07 Å². The van der Waals surface area contributed by atoms with Gasteiger partial charge in [0.2, 0.25) is 0 Å². The predicted molar refractivity (Wildman–Crippen MR) is 97.6 cm³/mol. The number of benzene rings is 2.